The SMILES string of the molecule is COc1ccc(N/N=C(/C#N)c2nc(-c3ccc(Cl)cc3Cl)cs2)cc1. The molecule has 5 nitrogen and oxygen atoms in total. The summed E-state index contributed by atoms with van der Waals surface area (Å²) in [6.45, 7) is 0. The third-order valence-corrected chi connectivity index (χ3v) is 4.80. The highest BCUT2D eigenvalue weighted by Gasteiger charge is 2.13. The number of hydrogen-bond donors (Lipinski definition) is 1. The van der Waals surface area contributed by atoms with Crippen LogP contribution < -0.4 is 10.2 Å². The van der Waals surface area contributed by atoms with E-state index in [1.165, 1.54) is 11.3 Å². The van der Waals surface area contributed by atoms with Crippen molar-refractivity contribution in [2.75, 3.05) is 12.5 Å². The van der Waals surface area contributed by atoms with Crippen LogP contribution in [-0.4, -0.2) is 17.8 Å². The maximum Gasteiger partial charge on any atom is 0.196 e. The minimum absolute atomic E-state index is 0.183. The number of halogens is 2. The second-order valence-electron chi connectivity index (χ2n) is 5.07. The molecule has 1 aromatic heterocycles. The number of benzene rings is 2. The minimum atomic E-state index is 0.183. The zero-order chi connectivity index (χ0) is 18.5. The van der Waals surface area contributed by atoms with Crippen LogP contribution >= 0.6 is 34.5 Å². The van der Waals surface area contributed by atoms with Gasteiger partial charge in [0.15, 0.2) is 10.7 Å². The number of methoxy groups -OCH3 is 1. The molecule has 0 atom stereocenters. The number of anilines is 1. The summed E-state index contributed by atoms with van der Waals surface area (Å²) in [7, 11) is 1.60. The highest BCUT2D eigenvalue weighted by Crippen LogP contribution is 2.31. The van der Waals surface area contributed by atoms with Gasteiger partial charge in [0.25, 0.3) is 0 Å². The Morgan fingerprint density at radius 1 is 1.23 bits per heavy atom. The molecule has 0 aliphatic heterocycles. The van der Waals surface area contributed by atoms with Crippen LogP contribution in [-0.2, 0) is 0 Å². The quantitative estimate of drug-likeness (QED) is 0.453. The van der Waals surface area contributed by atoms with Crippen LogP contribution in [0.1, 0.15) is 5.01 Å². The Morgan fingerprint density at radius 2 is 2.00 bits per heavy atom. The van der Waals surface area contributed by atoms with Crippen LogP contribution in [0.4, 0.5) is 5.69 Å². The van der Waals surface area contributed by atoms with E-state index in [0.29, 0.717) is 20.7 Å². The lowest BCUT2D eigenvalue weighted by molar-refractivity contribution is 0.415. The van der Waals surface area contributed by atoms with Gasteiger partial charge in [-0.2, -0.15) is 10.4 Å². The number of hydrogen-bond acceptors (Lipinski definition) is 6. The Morgan fingerprint density at radius 3 is 2.65 bits per heavy atom. The van der Waals surface area contributed by atoms with E-state index in [0.717, 1.165) is 17.0 Å². The summed E-state index contributed by atoms with van der Waals surface area (Å²) in [6, 6.07) is 14.5. The molecule has 0 unspecified atom stereocenters. The van der Waals surface area contributed by atoms with Crippen LogP contribution in [0.15, 0.2) is 52.9 Å². The second-order valence-corrected chi connectivity index (χ2v) is 6.78. The molecular formula is C18H12Cl2N4OS. The second kappa shape index (κ2) is 8.19. The molecule has 3 rings (SSSR count). The van der Waals surface area contributed by atoms with Gasteiger partial charge in [0, 0.05) is 16.0 Å². The van der Waals surface area contributed by atoms with Gasteiger partial charge < -0.3 is 4.74 Å². The van der Waals surface area contributed by atoms with Crippen LogP contribution in [0.25, 0.3) is 11.3 Å². The monoisotopic (exact) mass is 402 g/mol. The Hall–Kier alpha value is -2.59. The lowest BCUT2D eigenvalue weighted by atomic mass is 10.2. The largest absolute Gasteiger partial charge is 0.497 e. The van der Waals surface area contributed by atoms with Crippen molar-refractivity contribution < 1.29 is 4.74 Å². The van der Waals surface area contributed by atoms with Crippen molar-refractivity contribution in [2.24, 2.45) is 5.10 Å². The first-order valence-electron chi connectivity index (χ1n) is 7.40. The molecule has 0 saturated carbocycles. The van der Waals surface area contributed by atoms with Crippen LogP contribution in [0.5, 0.6) is 5.75 Å². The van der Waals surface area contributed by atoms with Crippen LogP contribution in [0, 0.1) is 11.3 Å². The van der Waals surface area contributed by atoms with Gasteiger partial charge in [0.05, 0.1) is 23.5 Å². The van der Waals surface area contributed by atoms with Gasteiger partial charge in [-0.15, -0.1) is 11.3 Å². The molecule has 0 aliphatic rings. The van der Waals surface area contributed by atoms with Gasteiger partial charge in [-0.05, 0) is 42.5 Å². The number of aromatic nitrogens is 1. The van der Waals surface area contributed by atoms with E-state index in [2.05, 4.69) is 21.6 Å². The minimum Gasteiger partial charge on any atom is -0.497 e. The molecular weight excluding hydrogens is 391 g/mol. The summed E-state index contributed by atoms with van der Waals surface area (Å²) in [5, 5.41) is 16.9. The van der Waals surface area contributed by atoms with Gasteiger partial charge in [0.2, 0.25) is 0 Å². The summed E-state index contributed by atoms with van der Waals surface area (Å²) in [4.78, 5) is 4.46. The Kier molecular flexibility index (Phi) is 5.74. The van der Waals surface area contributed by atoms with Crippen molar-refractivity contribution in [3.63, 3.8) is 0 Å². The summed E-state index contributed by atoms with van der Waals surface area (Å²) in [5.74, 6) is 0.740. The number of nitrogens with zero attached hydrogens (tertiary/aromatic N) is 3. The highest BCUT2D eigenvalue weighted by molar-refractivity contribution is 7.12. The third kappa shape index (κ3) is 4.14. The Balaban J connectivity index is 1.82. The first-order chi connectivity index (χ1) is 12.6. The van der Waals surface area contributed by atoms with E-state index in [4.69, 9.17) is 27.9 Å². The molecule has 0 saturated heterocycles. The lowest BCUT2D eigenvalue weighted by Crippen LogP contribution is -2.01. The number of hydrazone groups is 1. The fraction of sp³-hybridized carbons (Fsp3) is 0.0556. The summed E-state index contributed by atoms with van der Waals surface area (Å²) in [6.07, 6.45) is 0. The summed E-state index contributed by atoms with van der Waals surface area (Å²) < 4.78 is 5.10. The fourth-order valence-electron chi connectivity index (χ4n) is 2.11. The Bertz CT molecular complexity index is 993. The number of ether oxygens (including phenoxy) is 1. The number of nitrogens with one attached hydrogen (secondary N) is 1. The van der Waals surface area contributed by atoms with Crippen molar-refractivity contribution in [3.05, 3.63) is 62.9 Å². The van der Waals surface area contributed by atoms with Gasteiger partial charge in [0.1, 0.15) is 11.8 Å². The Labute approximate surface area is 164 Å². The topological polar surface area (TPSA) is 70.3 Å². The average Bonchev–Trinajstić information content (AvgIpc) is 3.12. The van der Waals surface area contributed by atoms with E-state index in [-0.39, 0.29) is 5.71 Å². The van der Waals surface area contributed by atoms with Gasteiger partial charge >= 0.3 is 0 Å². The highest BCUT2D eigenvalue weighted by atomic mass is 35.5. The maximum atomic E-state index is 9.39. The number of rotatable bonds is 5. The molecule has 1 N–H and O–H groups in total. The molecule has 0 spiro atoms. The van der Waals surface area contributed by atoms with E-state index < -0.39 is 0 Å². The molecule has 0 bridgehead atoms. The predicted molar refractivity (Wildman–Crippen MR) is 106 cm³/mol. The van der Waals surface area contributed by atoms with E-state index >= 15 is 0 Å². The van der Waals surface area contributed by atoms with E-state index in [9.17, 15) is 5.26 Å². The van der Waals surface area contributed by atoms with Crippen molar-refractivity contribution in [2.45, 2.75) is 0 Å². The predicted octanol–water partition coefficient (Wildman–Crippen LogP) is 5.47. The molecule has 0 amide bonds. The van der Waals surface area contributed by atoms with Gasteiger partial charge in [-0.25, -0.2) is 4.98 Å². The molecule has 130 valence electrons. The van der Waals surface area contributed by atoms with E-state index in [1.54, 1.807) is 49.6 Å². The maximum absolute atomic E-state index is 9.39. The molecule has 2 aromatic carbocycles. The lowest BCUT2D eigenvalue weighted by Gasteiger charge is -2.03. The van der Waals surface area contributed by atoms with Crippen molar-refractivity contribution in [1.82, 2.24) is 4.98 Å². The summed E-state index contributed by atoms with van der Waals surface area (Å²) in [5.41, 5.74) is 5.18. The smallest absolute Gasteiger partial charge is 0.196 e. The molecule has 0 radical (unpaired) electrons. The zero-order valence-electron chi connectivity index (χ0n) is 13.5. The molecule has 1 heterocycles. The van der Waals surface area contributed by atoms with Crippen LogP contribution in [0.2, 0.25) is 10.0 Å². The number of thiazole rings is 1. The van der Waals surface area contributed by atoms with Crippen molar-refractivity contribution in [3.8, 4) is 23.1 Å². The molecule has 26 heavy (non-hydrogen) atoms. The molecule has 0 fully saturated rings. The average molecular weight is 403 g/mol. The van der Waals surface area contributed by atoms with Crippen molar-refractivity contribution in [1.29, 1.82) is 5.26 Å². The zero-order valence-corrected chi connectivity index (χ0v) is 15.9. The van der Waals surface area contributed by atoms with Gasteiger partial charge in [-0.3, -0.25) is 5.43 Å². The fourth-order valence-corrected chi connectivity index (χ4v) is 3.37. The van der Waals surface area contributed by atoms with E-state index in [1.807, 2.05) is 5.38 Å². The van der Waals surface area contributed by atoms with Crippen molar-refractivity contribution >= 4 is 45.9 Å². The van der Waals surface area contributed by atoms with Gasteiger partial charge in [-0.1, -0.05) is 23.2 Å². The molecule has 8 heteroatoms. The standard InChI is InChI=1S/C18H12Cl2N4OS/c1-25-13-5-3-12(4-6-13)23-24-16(9-21)18-22-17(10-26-18)14-7-2-11(19)8-15(14)20/h2-8,10,23H,1H3/b24-16-. The first-order valence-corrected chi connectivity index (χ1v) is 9.03. The summed E-state index contributed by atoms with van der Waals surface area (Å²) >= 11 is 13.5. The number of nitriles is 1. The first kappa shape index (κ1) is 18.2. The molecule has 0 aliphatic carbocycles. The third-order valence-electron chi connectivity index (χ3n) is 3.41. The molecule has 3 aromatic rings. The van der Waals surface area contributed by atoms with Crippen LogP contribution in [0.3, 0.4) is 0 Å². The normalized spacial score (nSPS) is 11.1.